The van der Waals surface area contributed by atoms with Gasteiger partial charge in [-0.15, -0.1) is 0 Å². The van der Waals surface area contributed by atoms with Gasteiger partial charge in [-0.1, -0.05) is 17.7 Å². The van der Waals surface area contributed by atoms with Crippen molar-refractivity contribution in [1.82, 2.24) is 10.2 Å². The van der Waals surface area contributed by atoms with Crippen molar-refractivity contribution in [3.8, 4) is 0 Å². The first-order chi connectivity index (χ1) is 8.89. The molecular formula is C15H22ClFN2. The van der Waals surface area contributed by atoms with Gasteiger partial charge in [-0.2, -0.15) is 0 Å². The molecule has 2 nitrogen and oxygen atoms in total. The van der Waals surface area contributed by atoms with E-state index < -0.39 is 0 Å². The Balaban J connectivity index is 2.20. The SMILES string of the molecule is CC1CCNC(C)(C)CN1Cc1c(F)cccc1Cl. The summed E-state index contributed by atoms with van der Waals surface area (Å²) in [5.41, 5.74) is 0.649. The molecule has 19 heavy (non-hydrogen) atoms. The number of hydrogen-bond acceptors (Lipinski definition) is 2. The van der Waals surface area contributed by atoms with Gasteiger partial charge in [-0.25, -0.2) is 4.39 Å². The number of halogens is 2. The Morgan fingerprint density at radius 1 is 1.47 bits per heavy atom. The van der Waals surface area contributed by atoms with Crippen LogP contribution in [-0.4, -0.2) is 29.6 Å². The largest absolute Gasteiger partial charge is 0.310 e. The van der Waals surface area contributed by atoms with Crippen LogP contribution < -0.4 is 5.32 Å². The van der Waals surface area contributed by atoms with Crippen LogP contribution in [0, 0.1) is 5.82 Å². The predicted molar refractivity (Wildman–Crippen MR) is 78.0 cm³/mol. The Kier molecular flexibility index (Phi) is 4.49. The van der Waals surface area contributed by atoms with Crippen molar-refractivity contribution in [2.75, 3.05) is 13.1 Å². The normalized spacial score (nSPS) is 24.2. The van der Waals surface area contributed by atoms with Crippen LogP contribution in [-0.2, 0) is 6.54 Å². The number of nitrogens with zero attached hydrogens (tertiary/aromatic N) is 1. The Hall–Kier alpha value is -0.640. The Morgan fingerprint density at radius 3 is 2.89 bits per heavy atom. The summed E-state index contributed by atoms with van der Waals surface area (Å²) in [6, 6.07) is 5.31. The number of benzene rings is 1. The van der Waals surface area contributed by atoms with Gasteiger partial charge < -0.3 is 5.32 Å². The van der Waals surface area contributed by atoms with Gasteiger partial charge in [-0.05, 0) is 45.9 Å². The topological polar surface area (TPSA) is 15.3 Å². The van der Waals surface area contributed by atoms with Crippen LogP contribution in [0.5, 0.6) is 0 Å². The van der Waals surface area contributed by atoms with Crippen LogP contribution >= 0.6 is 11.6 Å². The summed E-state index contributed by atoms with van der Waals surface area (Å²) in [7, 11) is 0. The second-order valence-corrected chi connectivity index (χ2v) is 6.46. The zero-order valence-electron chi connectivity index (χ0n) is 11.8. The minimum Gasteiger partial charge on any atom is -0.310 e. The standard InChI is InChI=1S/C15H22ClFN2/c1-11-7-8-18-15(2,3)10-19(11)9-12-13(16)5-4-6-14(12)17/h4-6,11,18H,7-10H2,1-3H3. The van der Waals surface area contributed by atoms with Crippen molar-refractivity contribution in [3.05, 3.63) is 34.6 Å². The highest BCUT2D eigenvalue weighted by Gasteiger charge is 2.28. The summed E-state index contributed by atoms with van der Waals surface area (Å²) in [4.78, 5) is 2.31. The molecule has 1 saturated heterocycles. The molecular weight excluding hydrogens is 263 g/mol. The van der Waals surface area contributed by atoms with E-state index in [4.69, 9.17) is 11.6 Å². The summed E-state index contributed by atoms with van der Waals surface area (Å²) in [6.07, 6.45) is 1.06. The van der Waals surface area contributed by atoms with Gasteiger partial charge in [0.05, 0.1) is 0 Å². The van der Waals surface area contributed by atoms with Crippen molar-refractivity contribution in [2.45, 2.75) is 45.3 Å². The Bertz CT molecular complexity index is 428. The highest BCUT2D eigenvalue weighted by molar-refractivity contribution is 6.31. The molecule has 1 atom stereocenters. The molecule has 1 aliphatic heterocycles. The molecule has 0 saturated carbocycles. The van der Waals surface area contributed by atoms with E-state index in [1.165, 1.54) is 6.07 Å². The molecule has 0 aliphatic carbocycles. The molecule has 1 heterocycles. The molecule has 0 aromatic heterocycles. The lowest BCUT2D eigenvalue weighted by Crippen LogP contribution is -2.47. The van der Waals surface area contributed by atoms with E-state index in [1.807, 2.05) is 0 Å². The van der Waals surface area contributed by atoms with Crippen LogP contribution in [0.4, 0.5) is 4.39 Å². The molecule has 106 valence electrons. The van der Waals surface area contributed by atoms with E-state index in [0.29, 0.717) is 23.2 Å². The molecule has 1 aromatic carbocycles. The number of rotatable bonds is 2. The molecule has 4 heteroatoms. The molecule has 0 spiro atoms. The molecule has 0 radical (unpaired) electrons. The lowest BCUT2D eigenvalue weighted by molar-refractivity contribution is 0.171. The number of nitrogens with one attached hydrogen (secondary N) is 1. The average Bonchev–Trinajstić information content (AvgIpc) is 2.43. The Labute approximate surface area is 119 Å². The summed E-state index contributed by atoms with van der Waals surface area (Å²) < 4.78 is 13.9. The summed E-state index contributed by atoms with van der Waals surface area (Å²) in [5.74, 6) is -0.213. The van der Waals surface area contributed by atoms with Crippen LogP contribution in [0.2, 0.25) is 5.02 Å². The minimum atomic E-state index is -0.213. The molecule has 0 bridgehead atoms. The van der Waals surface area contributed by atoms with Gasteiger partial charge in [0.25, 0.3) is 0 Å². The zero-order valence-corrected chi connectivity index (χ0v) is 12.6. The fraction of sp³-hybridized carbons (Fsp3) is 0.600. The zero-order chi connectivity index (χ0) is 14.0. The van der Waals surface area contributed by atoms with Crippen molar-refractivity contribution in [1.29, 1.82) is 0 Å². The average molecular weight is 285 g/mol. The monoisotopic (exact) mass is 284 g/mol. The third-order valence-electron chi connectivity index (χ3n) is 3.81. The molecule has 1 unspecified atom stereocenters. The third-order valence-corrected chi connectivity index (χ3v) is 4.16. The molecule has 1 aliphatic rings. The fourth-order valence-electron chi connectivity index (χ4n) is 2.62. The maximum Gasteiger partial charge on any atom is 0.129 e. The van der Waals surface area contributed by atoms with Gasteiger partial charge in [0.1, 0.15) is 5.82 Å². The smallest absolute Gasteiger partial charge is 0.129 e. The maximum absolute atomic E-state index is 13.9. The second-order valence-electron chi connectivity index (χ2n) is 6.05. The van der Waals surface area contributed by atoms with Crippen molar-refractivity contribution < 1.29 is 4.39 Å². The van der Waals surface area contributed by atoms with E-state index in [9.17, 15) is 4.39 Å². The first kappa shape index (κ1) is 14.8. The highest BCUT2D eigenvalue weighted by atomic mass is 35.5. The van der Waals surface area contributed by atoms with E-state index in [2.05, 4.69) is 31.0 Å². The lowest BCUT2D eigenvalue weighted by atomic mass is 10.0. The molecule has 0 amide bonds. The summed E-state index contributed by atoms with van der Waals surface area (Å²) in [5, 5.41) is 4.04. The first-order valence-electron chi connectivity index (χ1n) is 6.81. The number of hydrogen-bond donors (Lipinski definition) is 1. The highest BCUT2D eigenvalue weighted by Crippen LogP contribution is 2.24. The molecule has 1 N–H and O–H groups in total. The van der Waals surface area contributed by atoms with Crippen molar-refractivity contribution in [2.24, 2.45) is 0 Å². The van der Waals surface area contributed by atoms with Crippen LogP contribution in [0.25, 0.3) is 0 Å². The maximum atomic E-state index is 13.9. The van der Waals surface area contributed by atoms with Gasteiger partial charge in [-0.3, -0.25) is 4.90 Å². The van der Waals surface area contributed by atoms with E-state index >= 15 is 0 Å². The van der Waals surface area contributed by atoms with Crippen LogP contribution in [0.3, 0.4) is 0 Å². The van der Waals surface area contributed by atoms with Gasteiger partial charge in [0.2, 0.25) is 0 Å². The predicted octanol–water partition coefficient (Wildman–Crippen LogP) is 3.44. The van der Waals surface area contributed by atoms with Gasteiger partial charge >= 0.3 is 0 Å². The van der Waals surface area contributed by atoms with Gasteiger partial charge in [0, 0.05) is 35.3 Å². The second kappa shape index (κ2) is 5.78. The molecule has 1 fully saturated rings. The molecule has 2 rings (SSSR count). The van der Waals surface area contributed by atoms with E-state index in [1.54, 1.807) is 12.1 Å². The van der Waals surface area contributed by atoms with Crippen molar-refractivity contribution >= 4 is 11.6 Å². The third kappa shape index (κ3) is 3.68. The minimum absolute atomic E-state index is 0.0441. The van der Waals surface area contributed by atoms with Crippen LogP contribution in [0.1, 0.15) is 32.8 Å². The van der Waals surface area contributed by atoms with Crippen molar-refractivity contribution in [3.63, 3.8) is 0 Å². The first-order valence-corrected chi connectivity index (χ1v) is 7.19. The molecule has 1 aromatic rings. The lowest BCUT2D eigenvalue weighted by Gasteiger charge is -2.33. The van der Waals surface area contributed by atoms with E-state index in [-0.39, 0.29) is 11.4 Å². The fourth-order valence-corrected chi connectivity index (χ4v) is 2.84. The van der Waals surface area contributed by atoms with E-state index in [0.717, 1.165) is 19.5 Å². The summed E-state index contributed by atoms with van der Waals surface area (Å²) in [6.45, 7) is 9.01. The summed E-state index contributed by atoms with van der Waals surface area (Å²) >= 11 is 6.13. The van der Waals surface area contributed by atoms with Gasteiger partial charge in [0.15, 0.2) is 0 Å². The quantitative estimate of drug-likeness (QED) is 0.895. The van der Waals surface area contributed by atoms with Crippen LogP contribution in [0.15, 0.2) is 18.2 Å². The Morgan fingerprint density at radius 2 is 2.21 bits per heavy atom.